The molecular weight excluding hydrogens is 310 g/mol. The van der Waals surface area contributed by atoms with Crippen molar-refractivity contribution in [2.45, 2.75) is 0 Å². The molecule has 0 spiro atoms. The highest BCUT2D eigenvalue weighted by Gasteiger charge is 2.05. The van der Waals surface area contributed by atoms with Gasteiger partial charge in [-0.2, -0.15) is 0 Å². The Hall–Kier alpha value is -3.68. The molecule has 8 nitrogen and oxygen atoms in total. The summed E-state index contributed by atoms with van der Waals surface area (Å²) < 4.78 is 1.49. The largest absolute Gasteiger partial charge is 0.289 e. The van der Waals surface area contributed by atoms with Gasteiger partial charge in [-0.15, -0.1) is 5.10 Å². The molecule has 0 aliphatic rings. The minimum atomic E-state index is -0.467. The number of tetrazole rings is 1. The first-order valence-electron chi connectivity index (χ1n) is 6.94. The fraction of sp³-hybridized carbons (Fsp3) is 0. The fourth-order valence-corrected chi connectivity index (χ4v) is 2.03. The third kappa shape index (κ3) is 3.38. The highest BCUT2D eigenvalue weighted by molar-refractivity contribution is 6.06. The number of non-ortho nitro benzene ring substituents is 1. The molecule has 2 aromatic carbocycles. The summed E-state index contributed by atoms with van der Waals surface area (Å²) >= 11 is 0. The molecule has 8 heteroatoms. The summed E-state index contributed by atoms with van der Waals surface area (Å²) in [6.45, 7) is 0. The molecule has 1 aromatic heterocycles. The lowest BCUT2D eigenvalue weighted by atomic mass is 10.1. The molecule has 3 rings (SSSR count). The van der Waals surface area contributed by atoms with Crippen molar-refractivity contribution in [2.75, 3.05) is 0 Å². The molecule has 0 saturated heterocycles. The van der Waals surface area contributed by atoms with Crippen molar-refractivity contribution < 1.29 is 9.72 Å². The van der Waals surface area contributed by atoms with Gasteiger partial charge < -0.3 is 0 Å². The van der Waals surface area contributed by atoms with Gasteiger partial charge in [0, 0.05) is 17.7 Å². The number of nitro groups is 1. The lowest BCUT2D eigenvalue weighted by Crippen LogP contribution is -1.98. The predicted octanol–water partition coefficient (Wildman–Crippen LogP) is 2.47. The van der Waals surface area contributed by atoms with Crippen molar-refractivity contribution >= 4 is 17.5 Å². The van der Waals surface area contributed by atoms with Gasteiger partial charge in [0.1, 0.15) is 6.33 Å². The van der Waals surface area contributed by atoms with E-state index < -0.39 is 4.92 Å². The number of hydrogen-bond donors (Lipinski definition) is 0. The SMILES string of the molecule is O=C(/C=C/c1ccc([N+](=O)[O-])cc1)c1ccc(-n2cnnn2)cc1. The Morgan fingerprint density at radius 2 is 1.79 bits per heavy atom. The molecule has 1 heterocycles. The van der Waals surface area contributed by atoms with Crippen LogP contribution in [0.4, 0.5) is 5.69 Å². The van der Waals surface area contributed by atoms with E-state index in [-0.39, 0.29) is 11.5 Å². The Bertz CT molecular complexity index is 884. The van der Waals surface area contributed by atoms with Gasteiger partial charge in [0.25, 0.3) is 5.69 Å². The molecule has 0 unspecified atom stereocenters. The van der Waals surface area contributed by atoms with Crippen molar-refractivity contribution in [2.24, 2.45) is 0 Å². The predicted molar refractivity (Wildman–Crippen MR) is 85.6 cm³/mol. The summed E-state index contributed by atoms with van der Waals surface area (Å²) in [7, 11) is 0. The molecule has 0 aliphatic carbocycles. The van der Waals surface area contributed by atoms with E-state index in [1.165, 1.54) is 29.2 Å². The van der Waals surface area contributed by atoms with Gasteiger partial charge in [-0.3, -0.25) is 14.9 Å². The summed E-state index contributed by atoms with van der Waals surface area (Å²) in [4.78, 5) is 22.3. The molecular formula is C16H11N5O3. The van der Waals surface area contributed by atoms with Crippen LogP contribution in [-0.2, 0) is 0 Å². The van der Waals surface area contributed by atoms with E-state index in [0.717, 1.165) is 5.69 Å². The topological polar surface area (TPSA) is 104 Å². The van der Waals surface area contributed by atoms with Gasteiger partial charge in [-0.1, -0.05) is 6.08 Å². The van der Waals surface area contributed by atoms with Crippen LogP contribution in [0.15, 0.2) is 60.9 Å². The third-order valence-corrected chi connectivity index (χ3v) is 3.30. The molecule has 0 amide bonds. The Labute approximate surface area is 136 Å². The quantitative estimate of drug-likeness (QED) is 0.309. The zero-order valence-electron chi connectivity index (χ0n) is 12.3. The number of ketones is 1. The van der Waals surface area contributed by atoms with Crippen molar-refractivity contribution in [1.82, 2.24) is 20.2 Å². The van der Waals surface area contributed by atoms with Crippen LogP contribution >= 0.6 is 0 Å². The lowest BCUT2D eigenvalue weighted by Gasteiger charge is -2.00. The molecule has 0 atom stereocenters. The number of hydrogen-bond acceptors (Lipinski definition) is 6. The molecule has 0 fully saturated rings. The Morgan fingerprint density at radius 3 is 2.38 bits per heavy atom. The van der Waals surface area contributed by atoms with Gasteiger partial charge in [0.05, 0.1) is 10.6 Å². The van der Waals surface area contributed by atoms with E-state index in [1.807, 2.05) is 0 Å². The first kappa shape index (κ1) is 15.2. The average Bonchev–Trinajstić information content (AvgIpc) is 3.15. The van der Waals surface area contributed by atoms with Gasteiger partial charge in [-0.25, -0.2) is 4.68 Å². The Kier molecular flexibility index (Phi) is 4.19. The van der Waals surface area contributed by atoms with Gasteiger partial charge >= 0.3 is 0 Å². The molecule has 0 radical (unpaired) electrons. The van der Waals surface area contributed by atoms with E-state index in [9.17, 15) is 14.9 Å². The second-order valence-electron chi connectivity index (χ2n) is 4.85. The summed E-state index contributed by atoms with van der Waals surface area (Å²) in [5.41, 5.74) is 1.98. The van der Waals surface area contributed by atoms with Crippen LogP contribution in [0, 0.1) is 10.1 Å². The maximum atomic E-state index is 12.1. The molecule has 24 heavy (non-hydrogen) atoms. The molecule has 0 bridgehead atoms. The van der Waals surface area contributed by atoms with E-state index in [0.29, 0.717) is 11.1 Å². The first-order valence-corrected chi connectivity index (χ1v) is 6.94. The van der Waals surface area contributed by atoms with Crippen LogP contribution in [0.3, 0.4) is 0 Å². The lowest BCUT2D eigenvalue weighted by molar-refractivity contribution is -0.384. The fourth-order valence-electron chi connectivity index (χ4n) is 2.03. The minimum Gasteiger partial charge on any atom is -0.289 e. The van der Waals surface area contributed by atoms with E-state index in [4.69, 9.17) is 0 Å². The minimum absolute atomic E-state index is 0.0108. The van der Waals surface area contributed by atoms with Crippen LogP contribution in [0.1, 0.15) is 15.9 Å². The van der Waals surface area contributed by atoms with Crippen LogP contribution in [0.5, 0.6) is 0 Å². The number of nitrogens with zero attached hydrogens (tertiary/aromatic N) is 5. The normalized spacial score (nSPS) is 10.8. The first-order chi connectivity index (χ1) is 11.6. The van der Waals surface area contributed by atoms with Gasteiger partial charge in [0.2, 0.25) is 0 Å². The van der Waals surface area contributed by atoms with E-state index >= 15 is 0 Å². The molecule has 0 saturated carbocycles. The standard InChI is InChI=1S/C16H11N5O3/c22-16(10-3-12-1-6-15(7-2-12)21(23)24)13-4-8-14(9-5-13)20-11-17-18-19-20/h1-11H/b10-3+. The van der Waals surface area contributed by atoms with Crippen molar-refractivity contribution in [1.29, 1.82) is 0 Å². The Balaban J connectivity index is 1.71. The van der Waals surface area contributed by atoms with E-state index in [1.54, 1.807) is 42.5 Å². The Morgan fingerprint density at radius 1 is 1.08 bits per heavy atom. The summed E-state index contributed by atoms with van der Waals surface area (Å²) in [5.74, 6) is -0.170. The number of rotatable bonds is 5. The van der Waals surface area contributed by atoms with Gasteiger partial charge in [-0.05, 0) is 58.5 Å². The maximum absolute atomic E-state index is 12.1. The second kappa shape index (κ2) is 6.61. The van der Waals surface area contributed by atoms with Crippen LogP contribution in [-0.4, -0.2) is 30.9 Å². The highest BCUT2D eigenvalue weighted by atomic mass is 16.6. The van der Waals surface area contributed by atoms with Crippen molar-refractivity contribution in [3.63, 3.8) is 0 Å². The smallest absolute Gasteiger partial charge is 0.269 e. The zero-order valence-corrected chi connectivity index (χ0v) is 12.3. The molecule has 3 aromatic rings. The summed E-state index contributed by atoms with van der Waals surface area (Å²) in [6, 6.07) is 12.8. The zero-order chi connectivity index (χ0) is 16.9. The molecule has 0 N–H and O–H groups in total. The number of nitro benzene ring substituents is 1. The van der Waals surface area contributed by atoms with Crippen LogP contribution in [0.2, 0.25) is 0 Å². The monoisotopic (exact) mass is 321 g/mol. The average molecular weight is 321 g/mol. The second-order valence-corrected chi connectivity index (χ2v) is 4.85. The number of carbonyl (C=O) groups excluding carboxylic acids is 1. The third-order valence-electron chi connectivity index (χ3n) is 3.30. The van der Waals surface area contributed by atoms with Crippen LogP contribution < -0.4 is 0 Å². The number of aromatic nitrogens is 4. The number of carbonyl (C=O) groups is 1. The van der Waals surface area contributed by atoms with Crippen LogP contribution in [0.25, 0.3) is 11.8 Å². The van der Waals surface area contributed by atoms with Crippen molar-refractivity contribution in [3.8, 4) is 5.69 Å². The van der Waals surface area contributed by atoms with E-state index in [2.05, 4.69) is 15.5 Å². The van der Waals surface area contributed by atoms with Crippen molar-refractivity contribution in [3.05, 3.63) is 82.2 Å². The summed E-state index contributed by atoms with van der Waals surface area (Å²) in [6.07, 6.45) is 4.50. The van der Waals surface area contributed by atoms with Gasteiger partial charge in [0.15, 0.2) is 5.78 Å². The number of benzene rings is 2. The summed E-state index contributed by atoms with van der Waals surface area (Å²) in [5, 5.41) is 21.5. The highest BCUT2D eigenvalue weighted by Crippen LogP contribution is 2.14. The molecule has 0 aliphatic heterocycles. The molecule has 118 valence electrons. The number of allylic oxidation sites excluding steroid dienone is 1. The maximum Gasteiger partial charge on any atom is 0.269 e.